The molecule has 0 radical (unpaired) electrons. The van der Waals surface area contributed by atoms with Gasteiger partial charge in [-0.25, -0.2) is 9.59 Å². The van der Waals surface area contributed by atoms with Crippen LogP contribution in [0.25, 0.3) is 0 Å². The molecule has 0 spiro atoms. The molecule has 150 valence electrons. The van der Waals surface area contributed by atoms with Crippen molar-refractivity contribution in [3.8, 4) is 0 Å². The van der Waals surface area contributed by atoms with Crippen molar-refractivity contribution in [3.63, 3.8) is 0 Å². The zero-order chi connectivity index (χ0) is 21.1. The summed E-state index contributed by atoms with van der Waals surface area (Å²) >= 11 is 0. The van der Waals surface area contributed by atoms with E-state index < -0.39 is 36.2 Å². The van der Waals surface area contributed by atoms with Crippen molar-refractivity contribution in [2.75, 3.05) is 19.8 Å². The molecule has 0 amide bonds. The van der Waals surface area contributed by atoms with Crippen molar-refractivity contribution in [1.82, 2.24) is 0 Å². The van der Waals surface area contributed by atoms with Crippen LogP contribution in [0.1, 0.15) is 20.7 Å². The molecule has 7 heteroatoms. The van der Waals surface area contributed by atoms with Gasteiger partial charge in [-0.15, -0.1) is 6.58 Å². The standard InChI is InChI=1S/C22H20O7/c1-2-13-27-14-18(29-22(26)20(24)17-11-7-4-8-12-17)15-28-21(25)19(23)16-9-5-3-6-10-16/h2-12,18H,1,13-15H2. The van der Waals surface area contributed by atoms with Crippen LogP contribution in [0.3, 0.4) is 0 Å². The summed E-state index contributed by atoms with van der Waals surface area (Å²) in [7, 11) is 0. The smallest absolute Gasteiger partial charge is 0.380 e. The Hall–Kier alpha value is -3.58. The van der Waals surface area contributed by atoms with Crippen LogP contribution in [0.4, 0.5) is 0 Å². The molecule has 0 heterocycles. The van der Waals surface area contributed by atoms with E-state index in [4.69, 9.17) is 14.2 Å². The molecule has 29 heavy (non-hydrogen) atoms. The summed E-state index contributed by atoms with van der Waals surface area (Å²) in [5, 5.41) is 0. The fraction of sp³-hybridized carbons (Fsp3) is 0.182. The summed E-state index contributed by atoms with van der Waals surface area (Å²) in [6.07, 6.45) is 0.418. The Morgan fingerprint density at radius 1 is 0.793 bits per heavy atom. The predicted molar refractivity (Wildman–Crippen MR) is 103 cm³/mol. The van der Waals surface area contributed by atoms with Crippen molar-refractivity contribution in [2.45, 2.75) is 6.10 Å². The Morgan fingerprint density at radius 2 is 1.31 bits per heavy atom. The Kier molecular flexibility index (Phi) is 8.47. The first kappa shape index (κ1) is 21.7. The molecule has 0 aliphatic heterocycles. The summed E-state index contributed by atoms with van der Waals surface area (Å²) in [5.41, 5.74) is 0.340. The first-order valence-corrected chi connectivity index (χ1v) is 8.78. The third-order valence-corrected chi connectivity index (χ3v) is 3.66. The van der Waals surface area contributed by atoms with Crippen LogP contribution < -0.4 is 0 Å². The minimum absolute atomic E-state index is 0.146. The molecule has 0 saturated carbocycles. The highest BCUT2D eigenvalue weighted by atomic mass is 16.6. The Labute approximate surface area is 167 Å². The summed E-state index contributed by atoms with van der Waals surface area (Å²) in [4.78, 5) is 48.3. The number of hydrogen-bond donors (Lipinski definition) is 0. The molecule has 2 rings (SSSR count). The SMILES string of the molecule is C=CCOCC(COC(=O)C(=O)c1ccccc1)OC(=O)C(=O)c1ccccc1. The van der Waals surface area contributed by atoms with Gasteiger partial charge in [0.2, 0.25) is 0 Å². The van der Waals surface area contributed by atoms with E-state index in [-0.39, 0.29) is 24.3 Å². The minimum Gasteiger partial charge on any atom is -0.456 e. The number of ketones is 2. The zero-order valence-electron chi connectivity index (χ0n) is 15.6. The second-order valence-corrected chi connectivity index (χ2v) is 5.84. The van der Waals surface area contributed by atoms with Crippen molar-refractivity contribution in [2.24, 2.45) is 0 Å². The molecular formula is C22H20O7. The first-order chi connectivity index (χ1) is 14.0. The largest absolute Gasteiger partial charge is 0.456 e. The van der Waals surface area contributed by atoms with E-state index in [1.165, 1.54) is 30.3 Å². The van der Waals surface area contributed by atoms with Crippen molar-refractivity contribution >= 4 is 23.5 Å². The van der Waals surface area contributed by atoms with E-state index in [0.29, 0.717) is 0 Å². The molecule has 1 atom stereocenters. The van der Waals surface area contributed by atoms with E-state index in [0.717, 1.165) is 0 Å². The lowest BCUT2D eigenvalue weighted by molar-refractivity contribution is -0.156. The van der Waals surface area contributed by atoms with Crippen LogP contribution in [0.5, 0.6) is 0 Å². The molecule has 0 aliphatic carbocycles. The first-order valence-electron chi connectivity index (χ1n) is 8.78. The van der Waals surface area contributed by atoms with Crippen LogP contribution in [0.15, 0.2) is 73.3 Å². The summed E-state index contributed by atoms with van der Waals surface area (Å²) < 4.78 is 15.3. The van der Waals surface area contributed by atoms with Crippen molar-refractivity contribution < 1.29 is 33.4 Å². The highest BCUT2D eigenvalue weighted by Crippen LogP contribution is 2.06. The van der Waals surface area contributed by atoms with E-state index in [9.17, 15) is 19.2 Å². The van der Waals surface area contributed by atoms with Gasteiger partial charge in [-0.1, -0.05) is 66.7 Å². The normalized spacial score (nSPS) is 11.2. The molecule has 0 bridgehead atoms. The number of benzene rings is 2. The van der Waals surface area contributed by atoms with Crippen LogP contribution in [-0.4, -0.2) is 49.4 Å². The molecule has 2 aromatic carbocycles. The maximum atomic E-state index is 12.1. The maximum absolute atomic E-state index is 12.1. The van der Waals surface area contributed by atoms with Gasteiger partial charge in [0.1, 0.15) is 6.61 Å². The Bertz CT molecular complexity index is 859. The number of carbonyl (C=O) groups excluding carboxylic acids is 4. The van der Waals surface area contributed by atoms with Gasteiger partial charge in [0.25, 0.3) is 11.6 Å². The highest BCUT2D eigenvalue weighted by molar-refractivity contribution is 6.41. The van der Waals surface area contributed by atoms with Gasteiger partial charge in [0.15, 0.2) is 6.10 Å². The fourth-order valence-electron chi connectivity index (χ4n) is 2.25. The summed E-state index contributed by atoms with van der Waals surface area (Å²) in [6, 6.07) is 15.8. The molecule has 0 N–H and O–H groups in total. The minimum atomic E-state index is -1.12. The van der Waals surface area contributed by atoms with Gasteiger partial charge in [-0.05, 0) is 0 Å². The van der Waals surface area contributed by atoms with Gasteiger partial charge >= 0.3 is 11.9 Å². The molecule has 2 aromatic rings. The number of ether oxygens (including phenoxy) is 3. The molecule has 0 aliphatic rings. The topological polar surface area (TPSA) is 96.0 Å². The monoisotopic (exact) mass is 396 g/mol. The molecule has 0 aromatic heterocycles. The molecule has 7 nitrogen and oxygen atoms in total. The average molecular weight is 396 g/mol. The fourth-order valence-corrected chi connectivity index (χ4v) is 2.25. The molecule has 0 fully saturated rings. The number of esters is 2. The van der Waals surface area contributed by atoms with Crippen LogP contribution in [-0.2, 0) is 23.8 Å². The Morgan fingerprint density at radius 3 is 1.83 bits per heavy atom. The third kappa shape index (κ3) is 6.82. The number of hydrogen-bond acceptors (Lipinski definition) is 7. The molecule has 1 unspecified atom stereocenters. The lowest BCUT2D eigenvalue weighted by Crippen LogP contribution is -2.33. The number of Topliss-reactive ketones (excluding diaryl/α,β-unsaturated/α-hetero) is 2. The van der Waals surface area contributed by atoms with Gasteiger partial charge in [0, 0.05) is 11.1 Å². The lowest BCUT2D eigenvalue weighted by atomic mass is 10.1. The van der Waals surface area contributed by atoms with Gasteiger partial charge in [-0.2, -0.15) is 0 Å². The Balaban J connectivity index is 1.97. The van der Waals surface area contributed by atoms with Gasteiger partial charge in [-0.3, -0.25) is 9.59 Å². The van der Waals surface area contributed by atoms with E-state index in [2.05, 4.69) is 6.58 Å². The summed E-state index contributed by atoms with van der Waals surface area (Å²) in [5.74, 6) is -3.89. The van der Waals surface area contributed by atoms with E-state index in [1.807, 2.05) is 0 Å². The molecular weight excluding hydrogens is 376 g/mol. The van der Waals surface area contributed by atoms with Gasteiger partial charge in [0.05, 0.1) is 13.2 Å². The number of rotatable bonds is 11. The average Bonchev–Trinajstić information content (AvgIpc) is 2.77. The summed E-state index contributed by atoms with van der Waals surface area (Å²) in [6.45, 7) is 3.08. The van der Waals surface area contributed by atoms with Crippen molar-refractivity contribution in [3.05, 3.63) is 84.4 Å². The lowest BCUT2D eigenvalue weighted by Gasteiger charge is -2.17. The quantitative estimate of drug-likeness (QED) is 0.189. The molecule has 0 saturated heterocycles. The number of carbonyl (C=O) groups is 4. The van der Waals surface area contributed by atoms with Crippen LogP contribution >= 0.6 is 0 Å². The highest BCUT2D eigenvalue weighted by Gasteiger charge is 2.25. The maximum Gasteiger partial charge on any atom is 0.380 e. The predicted octanol–water partition coefficient (Wildman–Crippen LogP) is 2.41. The second-order valence-electron chi connectivity index (χ2n) is 5.84. The van der Waals surface area contributed by atoms with Crippen LogP contribution in [0.2, 0.25) is 0 Å². The van der Waals surface area contributed by atoms with Crippen LogP contribution in [0, 0.1) is 0 Å². The van der Waals surface area contributed by atoms with Gasteiger partial charge < -0.3 is 14.2 Å². The second kappa shape index (κ2) is 11.3. The van der Waals surface area contributed by atoms with Crippen molar-refractivity contribution in [1.29, 1.82) is 0 Å². The zero-order valence-corrected chi connectivity index (χ0v) is 15.6. The van der Waals surface area contributed by atoms with E-state index >= 15 is 0 Å². The third-order valence-electron chi connectivity index (χ3n) is 3.66. The van der Waals surface area contributed by atoms with E-state index in [1.54, 1.807) is 36.4 Å².